The summed E-state index contributed by atoms with van der Waals surface area (Å²) in [4.78, 5) is 66.7. The minimum absolute atomic E-state index is 0.000606. The number of aromatic nitrogens is 6. The number of aliphatic hydroxyl groups excluding tert-OH is 5. The minimum atomic E-state index is -5.58. The molecule has 0 aliphatic carbocycles. The zero-order valence-corrected chi connectivity index (χ0v) is 39.0. The van der Waals surface area contributed by atoms with Crippen LogP contribution in [0, 0.1) is 13.8 Å². The number of anilines is 5. The van der Waals surface area contributed by atoms with Crippen molar-refractivity contribution in [3.63, 3.8) is 0 Å². The minimum Gasteiger partial charge on any atom is -0.388 e. The summed E-state index contributed by atoms with van der Waals surface area (Å²) in [6.07, 6.45) is -3.84. The summed E-state index contributed by atoms with van der Waals surface area (Å²) in [5, 5.41) is 61.2. The van der Waals surface area contributed by atoms with Gasteiger partial charge in [-0.1, -0.05) is 19.4 Å². The molecule has 26 nitrogen and oxygen atoms in total. The van der Waals surface area contributed by atoms with Crippen molar-refractivity contribution >= 4 is 55.5 Å². The molecular formula is C39H59N11O15P2. The number of ether oxygens (including phenoxy) is 1. The highest BCUT2D eigenvalue weighted by atomic mass is 31.3. The summed E-state index contributed by atoms with van der Waals surface area (Å²) in [6, 6.07) is 3.59. The Kier molecular flexibility index (Phi) is 17.3. The van der Waals surface area contributed by atoms with E-state index in [9.17, 15) is 54.0 Å². The van der Waals surface area contributed by atoms with Crippen LogP contribution >= 0.6 is 15.6 Å². The van der Waals surface area contributed by atoms with Crippen molar-refractivity contribution < 1.29 is 62.5 Å². The van der Waals surface area contributed by atoms with Crippen molar-refractivity contribution in [1.82, 2.24) is 40.1 Å². The molecule has 370 valence electrons. The number of fused-ring (bicyclic) bond motifs is 3. The number of benzene rings is 1. The molecule has 0 saturated carbocycles. The zero-order chi connectivity index (χ0) is 48.8. The number of nitrogen functional groups attached to an aromatic ring is 1. The summed E-state index contributed by atoms with van der Waals surface area (Å²) >= 11 is 0. The van der Waals surface area contributed by atoms with Crippen molar-refractivity contribution in [2.75, 3.05) is 61.5 Å². The molecule has 2 unspecified atom stereocenters. The van der Waals surface area contributed by atoms with E-state index >= 15 is 0 Å². The summed E-state index contributed by atoms with van der Waals surface area (Å²) in [5.74, 6) is -0.0109. The number of aryl methyl sites for hydroxylation is 2. The lowest BCUT2D eigenvalue weighted by Gasteiger charge is -2.41. The monoisotopic (exact) mass is 983 g/mol. The maximum Gasteiger partial charge on any atom is 0.481 e. The van der Waals surface area contributed by atoms with Crippen LogP contribution in [0.2, 0.25) is 0 Å². The van der Waals surface area contributed by atoms with E-state index in [0.717, 1.165) is 62.8 Å². The number of aromatic amines is 2. The summed E-state index contributed by atoms with van der Waals surface area (Å²) in [7, 11) is -11.1. The Hall–Kier alpha value is -4.47. The molecule has 6 rings (SSSR count). The van der Waals surface area contributed by atoms with Crippen LogP contribution in [0.4, 0.5) is 28.7 Å². The predicted octanol–water partition coefficient (Wildman–Crippen LogP) is 0.308. The molecule has 67 heavy (non-hydrogen) atoms. The van der Waals surface area contributed by atoms with Crippen molar-refractivity contribution in [3.05, 3.63) is 68.5 Å². The third-order valence-electron chi connectivity index (χ3n) is 11.2. The highest BCUT2D eigenvalue weighted by Crippen LogP contribution is 2.60. The predicted molar refractivity (Wildman–Crippen MR) is 243 cm³/mol. The van der Waals surface area contributed by atoms with Crippen LogP contribution < -0.4 is 37.4 Å². The number of rotatable bonds is 24. The SMILES string of the molecule is CCCCNCCCCNC/C=C(\C)N1c2cc(C)c(C)cc2N(C[C@H](O)[C@H](O)[C@H](O)COP(=O)(O)OP(=O)(O)OC[C@H]2O[C@@H](n3cnc4c(N)ncnc43)[C@H](O)[C@@H]2O)c2[nH]c(=O)[nH]c(=O)c21. The molecular weight excluding hydrogens is 924 g/mol. The van der Waals surface area contributed by atoms with Gasteiger partial charge in [0.1, 0.15) is 54.3 Å². The second-order valence-electron chi connectivity index (χ2n) is 16.2. The number of nitrogens with one attached hydrogen (secondary N) is 4. The number of β-amino-alcohol motifs (C(OH)–C–C–N with tert-alkyl or cyclic N) is 1. The molecule has 4 aromatic rings. The number of aliphatic hydroxyl groups is 5. The first-order chi connectivity index (χ1) is 31.7. The normalized spacial score (nSPS) is 21.7. The smallest absolute Gasteiger partial charge is 0.388 e. The molecule has 13 N–H and O–H groups in total. The first kappa shape index (κ1) is 51.9. The molecule has 1 fully saturated rings. The van der Waals surface area contributed by atoms with Crippen LogP contribution in [0.15, 0.2) is 46.1 Å². The van der Waals surface area contributed by atoms with Crippen LogP contribution in [0.5, 0.6) is 0 Å². The van der Waals surface area contributed by atoms with E-state index in [-0.39, 0.29) is 28.5 Å². The average molecular weight is 984 g/mol. The fraction of sp³-hybridized carbons (Fsp3) is 0.564. The number of nitrogens with zero attached hydrogens (tertiary/aromatic N) is 6. The molecule has 0 amide bonds. The molecule has 0 bridgehead atoms. The van der Waals surface area contributed by atoms with E-state index in [1.54, 1.807) is 17.9 Å². The zero-order valence-electron chi connectivity index (χ0n) is 37.3. The number of hydrogen-bond acceptors (Lipinski definition) is 21. The number of allylic oxidation sites excluding steroid dienone is 1. The van der Waals surface area contributed by atoms with E-state index < -0.39 is 89.5 Å². The lowest BCUT2D eigenvalue weighted by Crippen LogP contribution is -2.47. The van der Waals surface area contributed by atoms with Crippen LogP contribution in [0.25, 0.3) is 11.2 Å². The molecule has 0 radical (unpaired) electrons. The molecule has 5 heterocycles. The van der Waals surface area contributed by atoms with E-state index in [4.69, 9.17) is 15.0 Å². The molecule has 1 saturated heterocycles. The largest absolute Gasteiger partial charge is 0.481 e. The fourth-order valence-corrected chi connectivity index (χ4v) is 9.60. The highest BCUT2D eigenvalue weighted by molar-refractivity contribution is 7.61. The molecule has 28 heteroatoms. The Morgan fingerprint density at radius 1 is 0.940 bits per heavy atom. The Morgan fingerprint density at radius 2 is 1.61 bits per heavy atom. The van der Waals surface area contributed by atoms with E-state index in [1.165, 1.54) is 15.8 Å². The number of phosphoric acid groups is 2. The van der Waals surface area contributed by atoms with Gasteiger partial charge in [0, 0.05) is 12.2 Å². The number of H-pyrrole nitrogens is 2. The molecule has 2 aliphatic rings. The Bertz CT molecular complexity index is 2600. The lowest BCUT2D eigenvalue weighted by molar-refractivity contribution is -0.0719. The van der Waals surface area contributed by atoms with Gasteiger partial charge in [0.05, 0.1) is 37.5 Å². The van der Waals surface area contributed by atoms with Gasteiger partial charge < -0.3 is 66.2 Å². The maximum atomic E-state index is 13.6. The van der Waals surface area contributed by atoms with Crippen LogP contribution in [-0.2, 0) is 27.2 Å². The number of nitrogens with two attached hydrogens (primary N) is 1. The Balaban J connectivity index is 1.07. The Labute approximate surface area is 383 Å². The molecule has 0 spiro atoms. The van der Waals surface area contributed by atoms with E-state index in [2.05, 4.69) is 51.3 Å². The summed E-state index contributed by atoms with van der Waals surface area (Å²) in [5.41, 5.74) is 7.70. The first-order valence-electron chi connectivity index (χ1n) is 21.5. The number of hydrogen-bond donors (Lipinski definition) is 12. The van der Waals surface area contributed by atoms with Crippen molar-refractivity contribution in [1.29, 1.82) is 0 Å². The average Bonchev–Trinajstić information content (AvgIpc) is 3.82. The standard InChI is InChI=1S/C39H59N11O15P2/c1-5-6-10-41-11-7-8-12-42-13-9-23(4)50-25-15-22(3)21(2)14-24(25)48(36-30(50)37(56)47-39(57)46-36)16-26(51)31(53)27(52)17-62-66(58,59)65-67(60,61)63-18-28-32(54)33(55)38(64-28)49-20-45-29-34(40)43-19-44-35(29)49/h9,14-15,19-20,26-28,31-33,38,41-42,51-55H,5-8,10-13,16-18H2,1-4H3,(H,58,59)(H,60,61)(H2,40,43,44)(H2,46,47,56,57)/b23-9+/t26-,27+,28+,31-,32+,33+,38+/m0/s1. The Morgan fingerprint density at radius 3 is 2.33 bits per heavy atom. The second-order valence-corrected chi connectivity index (χ2v) is 19.2. The lowest BCUT2D eigenvalue weighted by atomic mass is 10.0. The fourth-order valence-electron chi connectivity index (χ4n) is 7.51. The van der Waals surface area contributed by atoms with E-state index in [0.29, 0.717) is 23.6 Å². The summed E-state index contributed by atoms with van der Waals surface area (Å²) < 4.78 is 46.1. The van der Waals surface area contributed by atoms with Gasteiger partial charge in [0.2, 0.25) is 0 Å². The molecule has 9 atom stereocenters. The van der Waals surface area contributed by atoms with Gasteiger partial charge in [-0.05, 0) is 82.9 Å². The molecule has 3 aromatic heterocycles. The molecule has 2 aliphatic heterocycles. The summed E-state index contributed by atoms with van der Waals surface area (Å²) in [6.45, 7) is 8.06. The van der Waals surface area contributed by atoms with Crippen molar-refractivity contribution in [2.45, 2.75) is 96.2 Å². The van der Waals surface area contributed by atoms with Crippen molar-refractivity contribution in [3.8, 4) is 0 Å². The second kappa shape index (κ2) is 22.3. The topological polar surface area (TPSA) is 379 Å². The van der Waals surface area contributed by atoms with Gasteiger partial charge in [0.25, 0.3) is 5.56 Å². The quantitative estimate of drug-likeness (QED) is 0.0332. The van der Waals surface area contributed by atoms with Gasteiger partial charge in [-0.15, -0.1) is 0 Å². The maximum absolute atomic E-state index is 13.6. The number of unbranched alkanes of at least 4 members (excludes halogenated alkanes) is 2. The third kappa shape index (κ3) is 12.4. The van der Waals surface area contributed by atoms with Gasteiger partial charge >= 0.3 is 21.3 Å². The first-order valence-corrected chi connectivity index (χ1v) is 24.5. The van der Waals surface area contributed by atoms with Crippen molar-refractivity contribution in [2.24, 2.45) is 0 Å². The van der Waals surface area contributed by atoms with Gasteiger partial charge in [-0.25, -0.2) is 28.9 Å². The van der Waals surface area contributed by atoms with Gasteiger partial charge in [0.15, 0.2) is 23.4 Å². The van der Waals surface area contributed by atoms with Gasteiger partial charge in [-0.3, -0.25) is 28.4 Å². The van der Waals surface area contributed by atoms with Crippen LogP contribution in [0.3, 0.4) is 0 Å². The van der Waals surface area contributed by atoms with Gasteiger partial charge in [-0.2, -0.15) is 4.31 Å². The highest BCUT2D eigenvalue weighted by Gasteiger charge is 2.46. The van der Waals surface area contributed by atoms with Crippen LogP contribution in [0.1, 0.15) is 56.9 Å². The van der Waals surface area contributed by atoms with Crippen LogP contribution in [-0.4, -0.2) is 147 Å². The van der Waals surface area contributed by atoms with E-state index in [1.807, 2.05) is 26.0 Å². The number of imidazole rings is 1. The molecule has 1 aromatic carbocycles. The number of phosphoric ester groups is 2. The third-order valence-corrected chi connectivity index (χ3v) is 13.8.